The molecule has 2 N–H and O–H groups in total. The summed E-state index contributed by atoms with van der Waals surface area (Å²) >= 11 is 0. The molecule has 0 aromatic heterocycles. The van der Waals surface area contributed by atoms with E-state index in [1.54, 1.807) is 24.3 Å². The van der Waals surface area contributed by atoms with Crippen LogP contribution in [0.3, 0.4) is 0 Å². The molecule has 5 heteroatoms. The van der Waals surface area contributed by atoms with Crippen molar-refractivity contribution in [3.63, 3.8) is 0 Å². The first kappa shape index (κ1) is 19.1. The van der Waals surface area contributed by atoms with Gasteiger partial charge >= 0.3 is 0 Å². The lowest BCUT2D eigenvalue weighted by Gasteiger charge is -2.39. The minimum atomic E-state index is -0.245. The van der Waals surface area contributed by atoms with Crippen LogP contribution in [-0.4, -0.2) is 38.1 Å². The quantitative estimate of drug-likeness (QED) is 0.826. The summed E-state index contributed by atoms with van der Waals surface area (Å²) in [5.74, 6) is -0.427. The second-order valence-corrected chi connectivity index (χ2v) is 7.03. The number of amides is 2. The Morgan fingerprint density at radius 1 is 0.963 bits per heavy atom. The summed E-state index contributed by atoms with van der Waals surface area (Å²) in [4.78, 5) is 24.4. The second kappa shape index (κ2) is 8.82. The van der Waals surface area contributed by atoms with Crippen molar-refractivity contribution in [1.29, 1.82) is 0 Å². The summed E-state index contributed by atoms with van der Waals surface area (Å²) in [5.41, 5.74) is 2.92. The number of aryl methyl sites for hydroxylation is 1. The molecule has 1 fully saturated rings. The van der Waals surface area contributed by atoms with E-state index >= 15 is 0 Å². The van der Waals surface area contributed by atoms with Gasteiger partial charge in [0.15, 0.2) is 0 Å². The van der Waals surface area contributed by atoms with Crippen molar-refractivity contribution in [2.45, 2.75) is 25.2 Å². The van der Waals surface area contributed by atoms with Gasteiger partial charge in [-0.05, 0) is 43.0 Å². The molecule has 1 aliphatic heterocycles. The van der Waals surface area contributed by atoms with Gasteiger partial charge in [0.05, 0.1) is 6.54 Å². The van der Waals surface area contributed by atoms with E-state index in [1.807, 2.05) is 18.2 Å². The number of hydrogen-bond donors (Lipinski definition) is 2. The standard InChI is InChI=1S/C22H26N2O3/c1-17-7-5-6-10-19(17)22(11-13-27-14-12-22)16-24-20(25)15-23-21(26)18-8-3-2-4-9-18/h2-10H,11-16H2,1H3,(H,23,26)(H,24,25). The highest BCUT2D eigenvalue weighted by Crippen LogP contribution is 2.36. The van der Waals surface area contributed by atoms with Crippen LogP contribution in [0, 0.1) is 6.92 Å². The van der Waals surface area contributed by atoms with Crippen LogP contribution in [0.25, 0.3) is 0 Å². The molecule has 0 unspecified atom stereocenters. The highest BCUT2D eigenvalue weighted by Gasteiger charge is 2.35. The van der Waals surface area contributed by atoms with Crippen LogP contribution in [0.5, 0.6) is 0 Å². The molecule has 0 radical (unpaired) electrons. The predicted octanol–water partition coefficient (Wildman–Crippen LogP) is 2.59. The molecule has 1 aliphatic rings. The number of carbonyl (C=O) groups is 2. The average molecular weight is 366 g/mol. The third-order valence-electron chi connectivity index (χ3n) is 5.24. The van der Waals surface area contributed by atoms with Gasteiger partial charge in [0, 0.05) is 30.7 Å². The SMILES string of the molecule is Cc1ccccc1C1(CNC(=O)CNC(=O)c2ccccc2)CCOCC1. The van der Waals surface area contributed by atoms with Crippen LogP contribution < -0.4 is 10.6 Å². The first-order chi connectivity index (χ1) is 13.1. The lowest BCUT2D eigenvalue weighted by Crippen LogP contribution is -2.47. The predicted molar refractivity (Wildman–Crippen MR) is 105 cm³/mol. The molecule has 2 amide bonds. The van der Waals surface area contributed by atoms with Crippen molar-refractivity contribution in [3.05, 3.63) is 71.3 Å². The van der Waals surface area contributed by atoms with E-state index in [0.717, 1.165) is 12.8 Å². The third-order valence-corrected chi connectivity index (χ3v) is 5.24. The van der Waals surface area contributed by atoms with Crippen LogP contribution >= 0.6 is 0 Å². The minimum absolute atomic E-state index is 0.0337. The van der Waals surface area contributed by atoms with Crippen LogP contribution in [0.15, 0.2) is 54.6 Å². The first-order valence-corrected chi connectivity index (χ1v) is 9.34. The van der Waals surface area contributed by atoms with Crippen molar-refractivity contribution < 1.29 is 14.3 Å². The largest absolute Gasteiger partial charge is 0.381 e. The molecular formula is C22H26N2O3. The highest BCUT2D eigenvalue weighted by molar-refractivity contribution is 5.96. The molecule has 2 aromatic carbocycles. The summed E-state index contributed by atoms with van der Waals surface area (Å²) in [7, 11) is 0. The molecule has 3 rings (SSSR count). The molecule has 2 aromatic rings. The van der Waals surface area contributed by atoms with E-state index in [4.69, 9.17) is 4.74 Å². The van der Waals surface area contributed by atoms with Crippen molar-refractivity contribution in [3.8, 4) is 0 Å². The lowest BCUT2D eigenvalue weighted by molar-refractivity contribution is -0.120. The number of rotatable bonds is 6. The van der Waals surface area contributed by atoms with Crippen molar-refractivity contribution in [1.82, 2.24) is 10.6 Å². The van der Waals surface area contributed by atoms with Crippen LogP contribution in [0.2, 0.25) is 0 Å². The molecule has 1 saturated heterocycles. The smallest absolute Gasteiger partial charge is 0.251 e. The Balaban J connectivity index is 1.60. The maximum absolute atomic E-state index is 12.3. The number of benzene rings is 2. The van der Waals surface area contributed by atoms with E-state index in [9.17, 15) is 9.59 Å². The maximum atomic E-state index is 12.3. The van der Waals surface area contributed by atoms with Crippen molar-refractivity contribution in [2.24, 2.45) is 0 Å². The van der Waals surface area contributed by atoms with Gasteiger partial charge in [-0.2, -0.15) is 0 Å². The van der Waals surface area contributed by atoms with Crippen molar-refractivity contribution in [2.75, 3.05) is 26.3 Å². The maximum Gasteiger partial charge on any atom is 0.251 e. The number of carbonyl (C=O) groups excluding carboxylic acids is 2. The zero-order valence-electron chi connectivity index (χ0n) is 15.7. The summed E-state index contributed by atoms with van der Waals surface area (Å²) in [5, 5.41) is 5.69. The molecule has 0 saturated carbocycles. The summed E-state index contributed by atoms with van der Waals surface area (Å²) in [6, 6.07) is 17.2. The summed E-state index contributed by atoms with van der Waals surface area (Å²) in [6.07, 6.45) is 1.74. The highest BCUT2D eigenvalue weighted by atomic mass is 16.5. The van der Waals surface area contributed by atoms with Gasteiger partial charge in [-0.15, -0.1) is 0 Å². The topological polar surface area (TPSA) is 67.4 Å². The monoisotopic (exact) mass is 366 g/mol. The molecular weight excluding hydrogens is 340 g/mol. The molecule has 5 nitrogen and oxygen atoms in total. The van der Waals surface area contributed by atoms with E-state index in [2.05, 4.69) is 29.7 Å². The fourth-order valence-electron chi connectivity index (χ4n) is 3.65. The number of ether oxygens (including phenoxy) is 1. The van der Waals surface area contributed by atoms with Gasteiger partial charge in [-0.1, -0.05) is 42.5 Å². The number of nitrogens with one attached hydrogen (secondary N) is 2. The zero-order chi connectivity index (χ0) is 19.1. The van der Waals surface area contributed by atoms with E-state index in [0.29, 0.717) is 25.3 Å². The fourth-order valence-corrected chi connectivity index (χ4v) is 3.65. The van der Waals surface area contributed by atoms with E-state index < -0.39 is 0 Å². The van der Waals surface area contributed by atoms with Gasteiger partial charge in [-0.3, -0.25) is 9.59 Å². The Kier molecular flexibility index (Phi) is 6.24. The van der Waals surface area contributed by atoms with Crippen LogP contribution in [0.4, 0.5) is 0 Å². The summed E-state index contributed by atoms with van der Waals surface area (Å²) in [6.45, 7) is 3.99. The Bertz CT molecular complexity index is 783. The van der Waals surface area contributed by atoms with Crippen LogP contribution in [-0.2, 0) is 14.9 Å². The van der Waals surface area contributed by atoms with Crippen molar-refractivity contribution >= 4 is 11.8 Å². The number of hydrogen-bond acceptors (Lipinski definition) is 3. The normalized spacial score (nSPS) is 15.7. The van der Waals surface area contributed by atoms with Gasteiger partial charge in [-0.25, -0.2) is 0 Å². The molecule has 0 atom stereocenters. The first-order valence-electron chi connectivity index (χ1n) is 9.34. The Morgan fingerprint density at radius 2 is 1.63 bits per heavy atom. The lowest BCUT2D eigenvalue weighted by atomic mass is 9.72. The molecule has 27 heavy (non-hydrogen) atoms. The average Bonchev–Trinajstić information content (AvgIpc) is 2.72. The fraction of sp³-hybridized carbons (Fsp3) is 0.364. The minimum Gasteiger partial charge on any atom is -0.381 e. The van der Waals surface area contributed by atoms with Gasteiger partial charge in [0.25, 0.3) is 5.91 Å². The van der Waals surface area contributed by atoms with Gasteiger partial charge in [0.1, 0.15) is 0 Å². The zero-order valence-corrected chi connectivity index (χ0v) is 15.7. The molecule has 1 heterocycles. The Labute approximate surface area is 160 Å². The van der Waals surface area contributed by atoms with Gasteiger partial charge in [0.2, 0.25) is 5.91 Å². The van der Waals surface area contributed by atoms with E-state index in [1.165, 1.54) is 11.1 Å². The Hall–Kier alpha value is -2.66. The second-order valence-electron chi connectivity index (χ2n) is 7.03. The van der Waals surface area contributed by atoms with E-state index in [-0.39, 0.29) is 23.8 Å². The van der Waals surface area contributed by atoms with Gasteiger partial charge < -0.3 is 15.4 Å². The Morgan fingerprint density at radius 3 is 2.33 bits per heavy atom. The molecule has 0 aliphatic carbocycles. The molecule has 0 bridgehead atoms. The molecule has 0 spiro atoms. The molecule has 142 valence electrons. The van der Waals surface area contributed by atoms with Crippen LogP contribution in [0.1, 0.15) is 34.3 Å². The summed E-state index contributed by atoms with van der Waals surface area (Å²) < 4.78 is 5.55. The third kappa shape index (κ3) is 4.74.